The molecule has 0 aromatic carbocycles. The summed E-state index contributed by atoms with van der Waals surface area (Å²) in [4.78, 5) is 13.0. The number of amides is 1. The summed E-state index contributed by atoms with van der Waals surface area (Å²) in [6.45, 7) is 2.62. The summed E-state index contributed by atoms with van der Waals surface area (Å²) >= 11 is 0. The van der Waals surface area contributed by atoms with E-state index >= 15 is 0 Å². The topological polar surface area (TPSA) is 228 Å². The third kappa shape index (κ3) is 24.2. The standard InChI is InChI=1S/C49H91NO13/c1-3-5-7-9-10-11-12-13-14-15-16-17-18-19-20-21-22-23-24-25-26-27-28-29-31-33-41(54)50-37(38(53)32-30-8-6-4-2)36-60-48-46(59)44(57)47(40(35-52)62-48)63-49-45(58)43(56)42(55)39(34-51)61-49/h15-16,30,32,37-40,42-49,51-53,55-59H,3-14,17-29,31,33-36H2,1-2H3,(H,50,54)/b16-15-,32-30+. The first-order chi connectivity index (χ1) is 30.6. The summed E-state index contributed by atoms with van der Waals surface area (Å²) < 4.78 is 22.5. The zero-order valence-corrected chi connectivity index (χ0v) is 39.1. The maximum atomic E-state index is 13.0. The average Bonchev–Trinajstić information content (AvgIpc) is 3.28. The van der Waals surface area contributed by atoms with E-state index in [1.807, 2.05) is 6.08 Å². The first-order valence-electron chi connectivity index (χ1n) is 25.1. The molecule has 0 aromatic rings. The third-order valence-corrected chi connectivity index (χ3v) is 12.4. The maximum absolute atomic E-state index is 13.0. The Balaban J connectivity index is 1.63. The molecular formula is C49H91NO13. The average molecular weight is 902 g/mol. The van der Waals surface area contributed by atoms with Crippen molar-refractivity contribution in [3.05, 3.63) is 24.3 Å². The van der Waals surface area contributed by atoms with E-state index in [2.05, 4.69) is 31.3 Å². The number of hydrogen-bond acceptors (Lipinski definition) is 13. The number of carbonyl (C=O) groups is 1. The first-order valence-corrected chi connectivity index (χ1v) is 25.1. The van der Waals surface area contributed by atoms with E-state index in [-0.39, 0.29) is 18.9 Å². The number of aliphatic hydroxyl groups is 8. The molecule has 2 aliphatic rings. The molecule has 1 amide bonds. The van der Waals surface area contributed by atoms with Crippen molar-refractivity contribution in [2.24, 2.45) is 0 Å². The van der Waals surface area contributed by atoms with Gasteiger partial charge in [-0.15, -0.1) is 0 Å². The second-order valence-electron chi connectivity index (χ2n) is 17.9. The van der Waals surface area contributed by atoms with Crippen LogP contribution in [0, 0.1) is 0 Å². The van der Waals surface area contributed by atoms with Gasteiger partial charge in [-0.3, -0.25) is 4.79 Å². The van der Waals surface area contributed by atoms with Gasteiger partial charge in [0.1, 0.15) is 48.8 Å². The smallest absolute Gasteiger partial charge is 0.220 e. The largest absolute Gasteiger partial charge is 0.394 e. The van der Waals surface area contributed by atoms with E-state index in [1.54, 1.807) is 6.08 Å². The second kappa shape index (κ2) is 36.6. The number of hydrogen-bond donors (Lipinski definition) is 9. The van der Waals surface area contributed by atoms with Crippen molar-refractivity contribution in [3.63, 3.8) is 0 Å². The van der Waals surface area contributed by atoms with Crippen LogP contribution in [0.15, 0.2) is 24.3 Å². The minimum absolute atomic E-state index is 0.249. The molecule has 63 heavy (non-hydrogen) atoms. The second-order valence-corrected chi connectivity index (χ2v) is 17.9. The monoisotopic (exact) mass is 902 g/mol. The Morgan fingerprint density at radius 2 is 1.02 bits per heavy atom. The Hall–Kier alpha value is -1.53. The molecule has 9 N–H and O–H groups in total. The normalized spacial score (nSPS) is 27.7. The van der Waals surface area contributed by atoms with E-state index in [4.69, 9.17) is 18.9 Å². The number of nitrogens with one attached hydrogen (secondary N) is 1. The number of aliphatic hydroxyl groups excluding tert-OH is 8. The lowest BCUT2D eigenvalue weighted by Crippen LogP contribution is -2.65. The van der Waals surface area contributed by atoms with Gasteiger partial charge in [0.2, 0.25) is 5.91 Å². The van der Waals surface area contributed by atoms with Crippen LogP contribution in [0.25, 0.3) is 0 Å². The van der Waals surface area contributed by atoms with Crippen LogP contribution in [0.1, 0.15) is 187 Å². The van der Waals surface area contributed by atoms with Crippen molar-refractivity contribution >= 4 is 5.91 Å². The molecule has 2 rings (SSSR count). The van der Waals surface area contributed by atoms with E-state index in [1.165, 1.54) is 122 Å². The SMILES string of the molecule is CCCC/C=C/C(O)C(COC1OC(CO)C(OC2OC(CO)C(O)C(O)C2O)C(O)C1O)NC(=O)CCCCCCCCCCCCCCC/C=C\CCCCCCCCCC. The molecule has 0 aliphatic carbocycles. The molecule has 2 heterocycles. The van der Waals surface area contributed by atoms with Gasteiger partial charge in [-0.25, -0.2) is 0 Å². The lowest BCUT2D eigenvalue weighted by atomic mass is 9.97. The molecule has 370 valence electrons. The van der Waals surface area contributed by atoms with Crippen molar-refractivity contribution in [1.29, 1.82) is 0 Å². The predicted molar refractivity (Wildman–Crippen MR) is 245 cm³/mol. The van der Waals surface area contributed by atoms with Crippen molar-refractivity contribution < 1.29 is 64.6 Å². The molecule has 2 fully saturated rings. The summed E-state index contributed by atoms with van der Waals surface area (Å²) in [6, 6.07) is -0.907. The summed E-state index contributed by atoms with van der Waals surface area (Å²) in [7, 11) is 0. The highest BCUT2D eigenvalue weighted by Gasteiger charge is 2.51. The van der Waals surface area contributed by atoms with E-state index in [0.717, 1.165) is 38.5 Å². The molecule has 12 unspecified atom stereocenters. The molecule has 0 radical (unpaired) electrons. The quantitative estimate of drug-likeness (QED) is 0.0250. The maximum Gasteiger partial charge on any atom is 0.220 e. The van der Waals surface area contributed by atoms with Crippen LogP contribution >= 0.6 is 0 Å². The van der Waals surface area contributed by atoms with Gasteiger partial charge in [0, 0.05) is 6.42 Å². The molecule has 2 saturated heterocycles. The molecule has 0 spiro atoms. The first kappa shape index (κ1) is 57.6. The van der Waals surface area contributed by atoms with Gasteiger partial charge in [0.25, 0.3) is 0 Å². The molecule has 2 aliphatic heterocycles. The van der Waals surface area contributed by atoms with Crippen molar-refractivity contribution in [3.8, 4) is 0 Å². The summed E-state index contributed by atoms with van der Waals surface area (Å²) in [5, 5.41) is 86.0. The minimum atomic E-state index is -1.78. The van der Waals surface area contributed by atoms with Crippen LogP contribution in [0.5, 0.6) is 0 Å². The Labute approximate surface area is 379 Å². The highest BCUT2D eigenvalue weighted by Crippen LogP contribution is 2.30. The van der Waals surface area contributed by atoms with Gasteiger partial charge in [-0.05, 0) is 38.5 Å². The molecule has 0 bridgehead atoms. The molecular weight excluding hydrogens is 811 g/mol. The number of allylic oxidation sites excluding steroid dienone is 3. The number of rotatable bonds is 38. The molecule has 0 aromatic heterocycles. The molecule has 14 nitrogen and oxygen atoms in total. The van der Waals surface area contributed by atoms with Crippen LogP contribution in [0.4, 0.5) is 0 Å². The molecule has 0 saturated carbocycles. The van der Waals surface area contributed by atoms with Crippen molar-refractivity contribution in [2.45, 2.75) is 261 Å². The Kier molecular flexibility index (Phi) is 33.4. The zero-order valence-electron chi connectivity index (χ0n) is 39.1. The van der Waals surface area contributed by atoms with Gasteiger partial charge < -0.3 is 65.1 Å². The zero-order chi connectivity index (χ0) is 46.1. The van der Waals surface area contributed by atoms with E-state index in [9.17, 15) is 45.6 Å². The molecule has 14 heteroatoms. The summed E-state index contributed by atoms with van der Waals surface area (Å²) in [5.41, 5.74) is 0. The number of unbranched alkanes of at least 4 members (excludes halogenated alkanes) is 23. The van der Waals surface area contributed by atoms with Gasteiger partial charge in [-0.2, -0.15) is 0 Å². The minimum Gasteiger partial charge on any atom is -0.394 e. The Morgan fingerprint density at radius 1 is 0.556 bits per heavy atom. The van der Waals surface area contributed by atoms with Gasteiger partial charge in [0.15, 0.2) is 12.6 Å². The lowest BCUT2D eigenvalue weighted by Gasteiger charge is -2.46. The number of carbonyl (C=O) groups excluding carboxylic acids is 1. The fourth-order valence-electron chi connectivity index (χ4n) is 8.21. The van der Waals surface area contributed by atoms with Gasteiger partial charge in [0.05, 0.1) is 32.0 Å². The van der Waals surface area contributed by atoms with Crippen molar-refractivity contribution in [1.82, 2.24) is 5.32 Å². The Bertz CT molecular complexity index is 1160. The van der Waals surface area contributed by atoms with Crippen LogP contribution in [0.3, 0.4) is 0 Å². The Morgan fingerprint density at radius 3 is 1.54 bits per heavy atom. The van der Waals surface area contributed by atoms with Crippen molar-refractivity contribution in [2.75, 3.05) is 19.8 Å². The summed E-state index contributed by atoms with van der Waals surface area (Å²) in [6.07, 6.45) is 23.2. The van der Waals surface area contributed by atoms with Crippen LogP contribution < -0.4 is 5.32 Å². The van der Waals surface area contributed by atoms with Crippen LogP contribution in [-0.4, -0.2) is 140 Å². The van der Waals surface area contributed by atoms with E-state index in [0.29, 0.717) is 6.42 Å². The van der Waals surface area contributed by atoms with Crippen LogP contribution in [-0.2, 0) is 23.7 Å². The molecule has 12 atom stereocenters. The lowest BCUT2D eigenvalue weighted by molar-refractivity contribution is -0.359. The predicted octanol–water partition coefficient (Wildman–Crippen LogP) is 6.16. The summed E-state index contributed by atoms with van der Waals surface area (Å²) in [5.74, 6) is -0.249. The fourth-order valence-corrected chi connectivity index (χ4v) is 8.21. The van der Waals surface area contributed by atoms with Crippen LogP contribution in [0.2, 0.25) is 0 Å². The van der Waals surface area contributed by atoms with E-state index < -0.39 is 86.8 Å². The third-order valence-electron chi connectivity index (χ3n) is 12.4. The number of ether oxygens (including phenoxy) is 4. The highest BCUT2D eigenvalue weighted by atomic mass is 16.7. The fraction of sp³-hybridized carbons (Fsp3) is 0.898. The van der Waals surface area contributed by atoms with Gasteiger partial charge in [-0.1, -0.05) is 167 Å². The van der Waals surface area contributed by atoms with Gasteiger partial charge >= 0.3 is 0 Å². The highest BCUT2D eigenvalue weighted by molar-refractivity contribution is 5.76.